The fraction of sp³-hybridized carbons (Fsp3) is 0.500. The molecule has 1 amide bonds. The molecule has 2 aliphatic rings. The molecular weight excluding hydrogens is 376 g/mol. The first kappa shape index (κ1) is 20.5. The fourth-order valence-corrected chi connectivity index (χ4v) is 4.70. The highest BCUT2D eigenvalue weighted by Crippen LogP contribution is 2.35. The second-order valence-electron chi connectivity index (χ2n) is 8.83. The molecule has 1 aromatic heterocycles. The Labute approximate surface area is 178 Å². The van der Waals surface area contributed by atoms with Gasteiger partial charge in [0.2, 0.25) is 0 Å². The van der Waals surface area contributed by atoms with Gasteiger partial charge in [0.05, 0.1) is 6.54 Å². The Bertz CT molecular complexity index is 952. The average molecular weight is 407 g/mol. The molecule has 0 bridgehead atoms. The van der Waals surface area contributed by atoms with E-state index < -0.39 is 0 Å². The van der Waals surface area contributed by atoms with Crippen molar-refractivity contribution in [1.82, 2.24) is 14.4 Å². The van der Waals surface area contributed by atoms with E-state index in [0.29, 0.717) is 18.8 Å². The first-order chi connectivity index (χ1) is 14.4. The van der Waals surface area contributed by atoms with Crippen molar-refractivity contribution in [3.05, 3.63) is 58.9 Å². The molecule has 0 N–H and O–H groups in total. The van der Waals surface area contributed by atoms with Gasteiger partial charge in [0.15, 0.2) is 0 Å². The normalized spacial score (nSPS) is 19.7. The standard InChI is InChI=1S/C24H30N4O2/c1-18(20-7-5-4-6-8-20)15-28-17-24(30-23(28)29)9-11-27(12-10-24)16-21-13-22(14-25)26(3)19(21)2/h4-8,13,18H,9-12,15-17H2,1-3H3. The van der Waals surface area contributed by atoms with Crippen LogP contribution in [0.1, 0.15) is 48.2 Å². The minimum absolute atomic E-state index is 0.177. The molecule has 1 aromatic carbocycles. The molecule has 2 aliphatic heterocycles. The van der Waals surface area contributed by atoms with Crippen molar-refractivity contribution in [2.24, 2.45) is 7.05 Å². The van der Waals surface area contributed by atoms with E-state index in [-0.39, 0.29) is 17.6 Å². The van der Waals surface area contributed by atoms with Crippen LogP contribution in [0.5, 0.6) is 0 Å². The molecule has 1 spiro atoms. The first-order valence-electron chi connectivity index (χ1n) is 10.7. The predicted molar refractivity (Wildman–Crippen MR) is 115 cm³/mol. The molecule has 0 aliphatic carbocycles. The lowest BCUT2D eigenvalue weighted by Crippen LogP contribution is -2.46. The molecule has 3 heterocycles. The number of amides is 1. The van der Waals surface area contributed by atoms with Gasteiger partial charge in [-0.1, -0.05) is 37.3 Å². The zero-order chi connectivity index (χ0) is 21.3. The van der Waals surface area contributed by atoms with Crippen LogP contribution in [0.15, 0.2) is 36.4 Å². The van der Waals surface area contributed by atoms with Crippen molar-refractivity contribution >= 4 is 6.09 Å². The predicted octanol–water partition coefficient (Wildman–Crippen LogP) is 3.80. The molecule has 30 heavy (non-hydrogen) atoms. The van der Waals surface area contributed by atoms with Gasteiger partial charge in [0, 0.05) is 51.8 Å². The minimum Gasteiger partial charge on any atom is -0.441 e. The third-order valence-electron chi connectivity index (χ3n) is 6.82. The average Bonchev–Trinajstić information content (AvgIpc) is 3.20. The fourth-order valence-electron chi connectivity index (χ4n) is 4.70. The summed E-state index contributed by atoms with van der Waals surface area (Å²) >= 11 is 0. The third kappa shape index (κ3) is 3.95. The molecule has 0 saturated carbocycles. The Morgan fingerprint density at radius 1 is 1.23 bits per heavy atom. The van der Waals surface area contributed by atoms with Crippen LogP contribution < -0.4 is 0 Å². The number of rotatable bonds is 5. The number of benzene rings is 1. The number of aromatic nitrogens is 1. The molecular formula is C24H30N4O2. The Hall–Kier alpha value is -2.78. The number of likely N-dealkylation sites (tertiary alicyclic amines) is 1. The monoisotopic (exact) mass is 406 g/mol. The van der Waals surface area contributed by atoms with E-state index in [1.807, 2.05) is 40.8 Å². The van der Waals surface area contributed by atoms with Crippen molar-refractivity contribution in [2.45, 2.75) is 44.8 Å². The molecule has 2 saturated heterocycles. The number of piperidine rings is 1. The molecule has 4 rings (SSSR count). The van der Waals surface area contributed by atoms with Gasteiger partial charge in [-0.25, -0.2) is 4.79 Å². The van der Waals surface area contributed by atoms with Gasteiger partial charge in [-0.3, -0.25) is 4.90 Å². The lowest BCUT2D eigenvalue weighted by Gasteiger charge is -2.37. The van der Waals surface area contributed by atoms with Crippen molar-refractivity contribution < 1.29 is 9.53 Å². The smallest absolute Gasteiger partial charge is 0.410 e. The summed E-state index contributed by atoms with van der Waals surface area (Å²) in [5.41, 5.74) is 3.93. The van der Waals surface area contributed by atoms with Gasteiger partial charge in [-0.05, 0) is 30.0 Å². The quantitative estimate of drug-likeness (QED) is 0.758. The Morgan fingerprint density at radius 3 is 2.57 bits per heavy atom. The molecule has 1 atom stereocenters. The molecule has 6 nitrogen and oxygen atoms in total. The van der Waals surface area contributed by atoms with E-state index >= 15 is 0 Å². The number of hydrogen-bond donors (Lipinski definition) is 0. The summed E-state index contributed by atoms with van der Waals surface area (Å²) in [5.74, 6) is 0.282. The summed E-state index contributed by atoms with van der Waals surface area (Å²) in [4.78, 5) is 16.8. The van der Waals surface area contributed by atoms with Gasteiger partial charge < -0.3 is 14.2 Å². The van der Waals surface area contributed by atoms with Gasteiger partial charge in [-0.15, -0.1) is 0 Å². The maximum atomic E-state index is 12.6. The minimum atomic E-state index is -0.354. The zero-order valence-corrected chi connectivity index (χ0v) is 18.1. The summed E-state index contributed by atoms with van der Waals surface area (Å²) in [6.45, 7) is 8.21. The van der Waals surface area contributed by atoms with Crippen LogP contribution in [0.3, 0.4) is 0 Å². The first-order valence-corrected chi connectivity index (χ1v) is 10.7. The van der Waals surface area contributed by atoms with E-state index in [9.17, 15) is 10.1 Å². The molecule has 0 radical (unpaired) electrons. The third-order valence-corrected chi connectivity index (χ3v) is 6.82. The molecule has 158 valence electrons. The van der Waals surface area contributed by atoms with E-state index in [0.717, 1.165) is 38.2 Å². The van der Waals surface area contributed by atoms with Crippen LogP contribution in [0.2, 0.25) is 0 Å². The number of nitrogens with zero attached hydrogens (tertiary/aromatic N) is 4. The van der Waals surface area contributed by atoms with Crippen LogP contribution in [0.4, 0.5) is 4.79 Å². The highest BCUT2D eigenvalue weighted by atomic mass is 16.6. The molecule has 2 aromatic rings. The Balaban J connectivity index is 1.34. The Morgan fingerprint density at radius 2 is 1.93 bits per heavy atom. The molecule has 2 fully saturated rings. The number of hydrogen-bond acceptors (Lipinski definition) is 4. The summed E-state index contributed by atoms with van der Waals surface area (Å²) < 4.78 is 7.86. The van der Waals surface area contributed by atoms with E-state index in [1.54, 1.807) is 0 Å². The number of ether oxygens (including phenoxy) is 1. The van der Waals surface area contributed by atoms with Crippen LogP contribution in [-0.4, -0.2) is 52.2 Å². The number of nitriles is 1. The number of carbonyl (C=O) groups is 1. The number of carbonyl (C=O) groups excluding carboxylic acids is 1. The highest BCUT2D eigenvalue weighted by Gasteiger charge is 2.47. The van der Waals surface area contributed by atoms with Crippen LogP contribution in [0.25, 0.3) is 0 Å². The molecule has 6 heteroatoms. The maximum absolute atomic E-state index is 12.6. The van der Waals surface area contributed by atoms with Crippen molar-refractivity contribution in [1.29, 1.82) is 5.26 Å². The maximum Gasteiger partial charge on any atom is 0.410 e. The SMILES string of the molecule is Cc1c(CN2CCC3(CC2)CN(CC(C)c2ccccc2)C(=O)O3)cc(C#N)n1C. The largest absolute Gasteiger partial charge is 0.441 e. The van der Waals surface area contributed by atoms with Crippen LogP contribution >= 0.6 is 0 Å². The lowest BCUT2D eigenvalue weighted by atomic mass is 9.90. The van der Waals surface area contributed by atoms with Gasteiger partial charge in [0.25, 0.3) is 0 Å². The van der Waals surface area contributed by atoms with E-state index in [1.165, 1.54) is 11.1 Å². The van der Waals surface area contributed by atoms with Gasteiger partial charge in [0.1, 0.15) is 17.4 Å². The van der Waals surface area contributed by atoms with Crippen molar-refractivity contribution in [3.8, 4) is 6.07 Å². The second kappa shape index (κ2) is 8.16. The van der Waals surface area contributed by atoms with Crippen molar-refractivity contribution in [2.75, 3.05) is 26.2 Å². The topological polar surface area (TPSA) is 61.5 Å². The molecule has 1 unspecified atom stereocenters. The van der Waals surface area contributed by atoms with Crippen LogP contribution in [-0.2, 0) is 18.3 Å². The summed E-state index contributed by atoms with van der Waals surface area (Å²) in [6.07, 6.45) is 1.53. The summed E-state index contributed by atoms with van der Waals surface area (Å²) in [7, 11) is 1.94. The summed E-state index contributed by atoms with van der Waals surface area (Å²) in [5, 5.41) is 9.25. The Kier molecular flexibility index (Phi) is 5.57. The van der Waals surface area contributed by atoms with Crippen molar-refractivity contribution in [3.63, 3.8) is 0 Å². The van der Waals surface area contributed by atoms with Crippen LogP contribution in [0, 0.1) is 18.3 Å². The highest BCUT2D eigenvalue weighted by molar-refractivity contribution is 5.71. The van der Waals surface area contributed by atoms with E-state index in [2.05, 4.69) is 36.9 Å². The lowest BCUT2D eigenvalue weighted by molar-refractivity contribution is -0.00127. The summed E-state index contributed by atoms with van der Waals surface area (Å²) in [6, 6.07) is 14.6. The van der Waals surface area contributed by atoms with E-state index in [4.69, 9.17) is 4.74 Å². The second-order valence-corrected chi connectivity index (χ2v) is 8.83. The van der Waals surface area contributed by atoms with Gasteiger partial charge in [-0.2, -0.15) is 5.26 Å². The zero-order valence-electron chi connectivity index (χ0n) is 18.1. The van der Waals surface area contributed by atoms with Gasteiger partial charge >= 0.3 is 6.09 Å².